The van der Waals surface area contributed by atoms with Gasteiger partial charge in [0, 0.05) is 54.1 Å². The molecule has 1 saturated heterocycles. The second-order valence-electron chi connectivity index (χ2n) is 9.76. The topological polar surface area (TPSA) is 77.1 Å². The van der Waals surface area contributed by atoms with Crippen LogP contribution in [0.25, 0.3) is 0 Å². The van der Waals surface area contributed by atoms with E-state index in [0.717, 1.165) is 60.7 Å². The Balaban J connectivity index is 1.52. The zero-order valence-corrected chi connectivity index (χ0v) is 24.3. The molecule has 39 heavy (non-hydrogen) atoms. The van der Waals surface area contributed by atoms with Crippen molar-refractivity contribution in [2.75, 3.05) is 75.6 Å². The van der Waals surface area contributed by atoms with Crippen LogP contribution in [-0.2, 0) is 0 Å². The highest BCUT2D eigenvalue weighted by atomic mass is 79.9. The zero-order chi connectivity index (χ0) is 27.8. The number of piperazine rings is 1. The molecule has 0 bridgehead atoms. The molecule has 0 spiro atoms. The Kier molecular flexibility index (Phi) is 9.84. The first-order valence-corrected chi connectivity index (χ1v) is 13.9. The number of benzene rings is 3. The van der Waals surface area contributed by atoms with Gasteiger partial charge in [-0.05, 0) is 75.6 Å². The van der Waals surface area contributed by atoms with Gasteiger partial charge in [0.05, 0.1) is 18.4 Å². The van der Waals surface area contributed by atoms with E-state index < -0.39 is 0 Å². The molecule has 0 unspecified atom stereocenters. The number of rotatable bonds is 10. The van der Waals surface area contributed by atoms with Crippen LogP contribution in [0, 0.1) is 0 Å². The summed E-state index contributed by atoms with van der Waals surface area (Å²) >= 11 is 3.41. The SMILES string of the molecule is COc1ccccc1N1CCN(c2ccc(NC(=O)c3cccc(Br)c3)cc2C(=O)NCCCN(C)C)CC1. The first kappa shape index (κ1) is 28.4. The molecule has 3 aromatic rings. The van der Waals surface area contributed by atoms with Crippen LogP contribution < -0.4 is 25.2 Å². The Morgan fingerprint density at radius 2 is 1.62 bits per heavy atom. The number of carbonyl (C=O) groups is 2. The minimum absolute atomic E-state index is 0.144. The van der Waals surface area contributed by atoms with Crippen molar-refractivity contribution >= 4 is 44.8 Å². The standard InChI is InChI=1S/C30H36BrN5O3/c1-34(2)15-7-14-32-30(38)25-21-24(33-29(37)22-8-6-9-23(31)20-22)12-13-26(25)35-16-18-36(19-17-35)27-10-4-5-11-28(27)39-3/h4-6,8-13,20-21H,7,14-19H2,1-3H3,(H,32,38)(H,33,37). The number of methoxy groups -OCH3 is 1. The predicted octanol–water partition coefficient (Wildman–Crippen LogP) is 4.72. The van der Waals surface area contributed by atoms with Crippen molar-refractivity contribution in [1.29, 1.82) is 0 Å². The molecule has 0 saturated carbocycles. The molecule has 2 N–H and O–H groups in total. The smallest absolute Gasteiger partial charge is 0.255 e. The minimum Gasteiger partial charge on any atom is -0.495 e. The lowest BCUT2D eigenvalue weighted by Gasteiger charge is -2.38. The number of ether oxygens (including phenoxy) is 1. The molecule has 1 aliphatic heterocycles. The van der Waals surface area contributed by atoms with Crippen molar-refractivity contribution in [1.82, 2.24) is 10.2 Å². The summed E-state index contributed by atoms with van der Waals surface area (Å²) in [6.45, 7) is 4.57. The fraction of sp³-hybridized carbons (Fsp3) is 0.333. The summed E-state index contributed by atoms with van der Waals surface area (Å²) < 4.78 is 6.39. The third-order valence-corrected chi connectivity index (χ3v) is 7.19. The van der Waals surface area contributed by atoms with Gasteiger partial charge < -0.3 is 30.1 Å². The second-order valence-corrected chi connectivity index (χ2v) is 10.7. The van der Waals surface area contributed by atoms with E-state index in [1.54, 1.807) is 25.3 Å². The Hall–Kier alpha value is -3.56. The number of para-hydroxylation sites is 2. The summed E-state index contributed by atoms with van der Waals surface area (Å²) in [5, 5.41) is 6.01. The van der Waals surface area contributed by atoms with Gasteiger partial charge in [-0.3, -0.25) is 9.59 Å². The number of hydrogen-bond donors (Lipinski definition) is 2. The van der Waals surface area contributed by atoms with E-state index in [-0.39, 0.29) is 11.8 Å². The molecule has 1 fully saturated rings. The molecule has 0 radical (unpaired) electrons. The molecule has 9 heteroatoms. The van der Waals surface area contributed by atoms with Crippen molar-refractivity contribution in [2.24, 2.45) is 0 Å². The molecule has 1 heterocycles. The van der Waals surface area contributed by atoms with Gasteiger partial charge in [0.2, 0.25) is 0 Å². The first-order chi connectivity index (χ1) is 18.9. The summed E-state index contributed by atoms with van der Waals surface area (Å²) in [5.41, 5.74) is 3.60. The van der Waals surface area contributed by atoms with Crippen LogP contribution in [-0.4, -0.2) is 77.2 Å². The van der Waals surface area contributed by atoms with E-state index in [4.69, 9.17) is 4.74 Å². The largest absolute Gasteiger partial charge is 0.495 e. The highest BCUT2D eigenvalue weighted by Crippen LogP contribution is 2.31. The summed E-state index contributed by atoms with van der Waals surface area (Å²) in [6, 6.07) is 20.8. The highest BCUT2D eigenvalue weighted by molar-refractivity contribution is 9.10. The van der Waals surface area contributed by atoms with E-state index in [1.807, 2.05) is 56.6 Å². The third kappa shape index (κ3) is 7.52. The van der Waals surface area contributed by atoms with Crippen molar-refractivity contribution in [2.45, 2.75) is 6.42 Å². The number of halogens is 1. The molecule has 8 nitrogen and oxygen atoms in total. The lowest BCUT2D eigenvalue weighted by Crippen LogP contribution is -2.47. The molecule has 2 amide bonds. The van der Waals surface area contributed by atoms with E-state index in [1.165, 1.54) is 0 Å². The van der Waals surface area contributed by atoms with Gasteiger partial charge >= 0.3 is 0 Å². The lowest BCUT2D eigenvalue weighted by molar-refractivity contribution is 0.0951. The predicted molar refractivity (Wildman–Crippen MR) is 161 cm³/mol. The number of nitrogens with one attached hydrogen (secondary N) is 2. The van der Waals surface area contributed by atoms with E-state index in [0.29, 0.717) is 23.4 Å². The maximum absolute atomic E-state index is 13.4. The molecular formula is C30H36BrN5O3. The molecule has 206 valence electrons. The quantitative estimate of drug-likeness (QED) is 0.331. The fourth-order valence-electron chi connectivity index (χ4n) is 4.68. The van der Waals surface area contributed by atoms with Crippen molar-refractivity contribution in [3.63, 3.8) is 0 Å². The molecule has 3 aromatic carbocycles. The molecule has 0 aromatic heterocycles. The highest BCUT2D eigenvalue weighted by Gasteiger charge is 2.24. The monoisotopic (exact) mass is 593 g/mol. The Morgan fingerprint density at radius 1 is 0.897 bits per heavy atom. The van der Waals surface area contributed by atoms with Crippen molar-refractivity contribution in [3.05, 3.63) is 82.3 Å². The van der Waals surface area contributed by atoms with Crippen LogP contribution in [0.1, 0.15) is 27.1 Å². The number of nitrogens with zero attached hydrogens (tertiary/aromatic N) is 3. The van der Waals surface area contributed by atoms with E-state index in [9.17, 15) is 9.59 Å². The lowest BCUT2D eigenvalue weighted by atomic mass is 10.1. The van der Waals surface area contributed by atoms with Crippen LogP contribution in [0.5, 0.6) is 5.75 Å². The average Bonchev–Trinajstić information content (AvgIpc) is 2.95. The molecular weight excluding hydrogens is 558 g/mol. The number of amides is 2. The average molecular weight is 595 g/mol. The molecule has 0 atom stereocenters. The molecule has 1 aliphatic rings. The summed E-state index contributed by atoms with van der Waals surface area (Å²) in [6.07, 6.45) is 0.852. The third-order valence-electron chi connectivity index (χ3n) is 6.70. The Labute approximate surface area is 239 Å². The van der Waals surface area contributed by atoms with Crippen molar-refractivity contribution in [3.8, 4) is 5.75 Å². The number of carbonyl (C=O) groups excluding carboxylic acids is 2. The number of anilines is 3. The fourth-order valence-corrected chi connectivity index (χ4v) is 5.08. The van der Waals surface area contributed by atoms with Crippen molar-refractivity contribution < 1.29 is 14.3 Å². The van der Waals surface area contributed by atoms with Gasteiger partial charge in [0.15, 0.2) is 0 Å². The van der Waals surface area contributed by atoms with Gasteiger partial charge in [0.25, 0.3) is 11.8 Å². The van der Waals surface area contributed by atoms with Crippen LogP contribution in [0.2, 0.25) is 0 Å². The maximum atomic E-state index is 13.4. The molecule has 0 aliphatic carbocycles. The first-order valence-electron chi connectivity index (χ1n) is 13.1. The second kappa shape index (κ2) is 13.5. The Bertz CT molecular complexity index is 1290. The van der Waals surface area contributed by atoms with Crippen LogP contribution in [0.4, 0.5) is 17.1 Å². The van der Waals surface area contributed by atoms with Gasteiger partial charge in [-0.25, -0.2) is 0 Å². The van der Waals surface area contributed by atoms with Gasteiger partial charge in [-0.2, -0.15) is 0 Å². The van der Waals surface area contributed by atoms with Gasteiger partial charge in [-0.1, -0.05) is 34.1 Å². The Morgan fingerprint density at radius 3 is 2.31 bits per heavy atom. The summed E-state index contributed by atoms with van der Waals surface area (Å²) in [7, 11) is 5.72. The zero-order valence-electron chi connectivity index (χ0n) is 22.7. The number of hydrogen-bond acceptors (Lipinski definition) is 6. The van der Waals surface area contributed by atoms with E-state index in [2.05, 4.69) is 47.3 Å². The van der Waals surface area contributed by atoms with Gasteiger partial charge in [-0.15, -0.1) is 0 Å². The summed E-state index contributed by atoms with van der Waals surface area (Å²) in [4.78, 5) is 32.9. The van der Waals surface area contributed by atoms with Crippen LogP contribution in [0.3, 0.4) is 0 Å². The maximum Gasteiger partial charge on any atom is 0.255 e. The molecule has 4 rings (SSSR count). The summed E-state index contributed by atoms with van der Waals surface area (Å²) in [5.74, 6) is 0.482. The normalized spacial score (nSPS) is 13.4. The van der Waals surface area contributed by atoms with Gasteiger partial charge in [0.1, 0.15) is 5.75 Å². The minimum atomic E-state index is -0.230. The van der Waals surface area contributed by atoms with Crippen LogP contribution >= 0.6 is 15.9 Å². The van der Waals surface area contributed by atoms with Crippen LogP contribution in [0.15, 0.2) is 71.2 Å². The van der Waals surface area contributed by atoms with E-state index >= 15 is 0 Å².